The minimum absolute atomic E-state index is 0.208. The summed E-state index contributed by atoms with van der Waals surface area (Å²) >= 11 is 0. The summed E-state index contributed by atoms with van der Waals surface area (Å²) in [5.41, 5.74) is 2.61. The lowest BCUT2D eigenvalue weighted by molar-refractivity contribution is -0.121. The first-order valence-electron chi connectivity index (χ1n) is 7.04. The van der Waals surface area contributed by atoms with Crippen molar-refractivity contribution < 1.29 is 9.59 Å². The van der Waals surface area contributed by atoms with E-state index in [2.05, 4.69) is 0 Å². The van der Waals surface area contributed by atoms with Gasteiger partial charge in [0.2, 0.25) is 0 Å². The third-order valence-electron chi connectivity index (χ3n) is 5.62. The molecule has 4 aliphatic rings. The first kappa shape index (κ1) is 10.0. The molecule has 4 aliphatic carbocycles. The molecule has 0 aromatic rings. The van der Waals surface area contributed by atoms with E-state index in [1.807, 2.05) is 0 Å². The number of Topliss-reactive ketones (excluding diaryl/α,β-unsaturated/α-hetero) is 2. The van der Waals surface area contributed by atoms with Gasteiger partial charge in [-0.1, -0.05) is 12.0 Å². The Morgan fingerprint density at radius 3 is 2.71 bits per heavy atom. The summed E-state index contributed by atoms with van der Waals surface area (Å²) in [4.78, 5) is 24.0. The Bertz CT molecular complexity index is 446. The Balaban J connectivity index is 1.81. The van der Waals surface area contributed by atoms with Crippen LogP contribution in [0.2, 0.25) is 0 Å². The number of allylic oxidation sites excluding steroid dienone is 2. The summed E-state index contributed by atoms with van der Waals surface area (Å²) in [7, 11) is 0. The van der Waals surface area contributed by atoms with Crippen molar-refractivity contribution in [2.45, 2.75) is 44.9 Å². The minimum Gasteiger partial charge on any atom is -0.299 e. The van der Waals surface area contributed by atoms with Gasteiger partial charge >= 0.3 is 0 Å². The molecule has 2 heteroatoms. The quantitative estimate of drug-likeness (QED) is 0.641. The van der Waals surface area contributed by atoms with Gasteiger partial charge < -0.3 is 0 Å². The SMILES string of the molecule is O=C1C[C@@H]2CCC[C@H]3C2=C1C[C@@H]1C(=O)CC[C@H]13. The topological polar surface area (TPSA) is 34.1 Å². The first-order chi connectivity index (χ1) is 8.25. The fraction of sp³-hybridized carbons (Fsp3) is 0.733. The van der Waals surface area contributed by atoms with Crippen LogP contribution < -0.4 is 0 Å². The smallest absolute Gasteiger partial charge is 0.159 e. The van der Waals surface area contributed by atoms with Gasteiger partial charge in [0.05, 0.1) is 0 Å². The Kier molecular flexibility index (Phi) is 1.95. The molecule has 2 saturated carbocycles. The van der Waals surface area contributed by atoms with Gasteiger partial charge in [0, 0.05) is 18.8 Å². The van der Waals surface area contributed by atoms with Gasteiger partial charge in [-0.3, -0.25) is 9.59 Å². The summed E-state index contributed by atoms with van der Waals surface area (Å²) < 4.78 is 0. The number of rotatable bonds is 0. The van der Waals surface area contributed by atoms with E-state index in [0.29, 0.717) is 29.3 Å². The molecule has 0 aromatic heterocycles. The largest absolute Gasteiger partial charge is 0.299 e. The Morgan fingerprint density at radius 2 is 1.82 bits per heavy atom. The predicted molar refractivity (Wildman–Crippen MR) is 63.3 cm³/mol. The van der Waals surface area contributed by atoms with Crippen LogP contribution in [0.5, 0.6) is 0 Å². The Morgan fingerprint density at radius 1 is 0.941 bits per heavy atom. The van der Waals surface area contributed by atoms with E-state index in [1.54, 1.807) is 0 Å². The minimum atomic E-state index is 0.208. The highest BCUT2D eigenvalue weighted by atomic mass is 16.1. The van der Waals surface area contributed by atoms with Crippen LogP contribution in [0.4, 0.5) is 0 Å². The van der Waals surface area contributed by atoms with Gasteiger partial charge in [-0.15, -0.1) is 0 Å². The van der Waals surface area contributed by atoms with Crippen LogP contribution in [0.25, 0.3) is 0 Å². The lowest BCUT2D eigenvalue weighted by Gasteiger charge is -2.39. The molecule has 4 rings (SSSR count). The van der Waals surface area contributed by atoms with Crippen LogP contribution in [0.3, 0.4) is 0 Å². The van der Waals surface area contributed by atoms with Crippen molar-refractivity contribution in [2.24, 2.45) is 23.7 Å². The van der Waals surface area contributed by atoms with Gasteiger partial charge in [-0.25, -0.2) is 0 Å². The molecule has 0 heterocycles. The van der Waals surface area contributed by atoms with E-state index < -0.39 is 0 Å². The van der Waals surface area contributed by atoms with Crippen LogP contribution in [0.15, 0.2) is 11.1 Å². The molecular formula is C15H18O2. The van der Waals surface area contributed by atoms with Crippen LogP contribution >= 0.6 is 0 Å². The molecule has 0 aromatic carbocycles. The van der Waals surface area contributed by atoms with Crippen molar-refractivity contribution >= 4 is 11.6 Å². The molecule has 0 unspecified atom stereocenters. The second-order valence-electron chi connectivity index (χ2n) is 6.27. The zero-order chi connectivity index (χ0) is 11.6. The zero-order valence-corrected chi connectivity index (χ0v) is 10.1. The van der Waals surface area contributed by atoms with Crippen molar-refractivity contribution in [3.05, 3.63) is 11.1 Å². The van der Waals surface area contributed by atoms with Crippen LogP contribution in [0.1, 0.15) is 44.9 Å². The van der Waals surface area contributed by atoms with Crippen molar-refractivity contribution in [1.82, 2.24) is 0 Å². The van der Waals surface area contributed by atoms with Gasteiger partial charge in [0.15, 0.2) is 5.78 Å². The maximum absolute atomic E-state index is 12.1. The predicted octanol–water partition coefficient (Wildman–Crippen LogP) is 2.67. The lowest BCUT2D eigenvalue weighted by atomic mass is 9.64. The summed E-state index contributed by atoms with van der Waals surface area (Å²) in [5.74, 6) is 2.77. The summed E-state index contributed by atoms with van der Waals surface area (Å²) in [6.45, 7) is 0. The molecule has 0 aliphatic heterocycles. The molecule has 0 bridgehead atoms. The number of carbonyl (C=O) groups is 2. The van der Waals surface area contributed by atoms with Gasteiger partial charge in [-0.2, -0.15) is 0 Å². The molecule has 4 atom stereocenters. The summed E-state index contributed by atoms with van der Waals surface area (Å²) in [6.07, 6.45) is 7.12. The van der Waals surface area contributed by atoms with Crippen molar-refractivity contribution in [2.75, 3.05) is 0 Å². The van der Waals surface area contributed by atoms with Crippen molar-refractivity contribution in [1.29, 1.82) is 0 Å². The van der Waals surface area contributed by atoms with Gasteiger partial charge in [0.25, 0.3) is 0 Å². The fourth-order valence-electron chi connectivity index (χ4n) is 4.97. The molecule has 2 nitrogen and oxygen atoms in total. The van der Waals surface area contributed by atoms with Crippen LogP contribution in [-0.4, -0.2) is 11.6 Å². The van der Waals surface area contributed by atoms with Crippen LogP contribution in [-0.2, 0) is 9.59 Å². The average molecular weight is 230 g/mol. The molecule has 0 N–H and O–H groups in total. The highest BCUT2D eigenvalue weighted by molar-refractivity contribution is 6.01. The molecule has 2 fully saturated rings. The van der Waals surface area contributed by atoms with E-state index in [-0.39, 0.29) is 5.92 Å². The second kappa shape index (κ2) is 3.30. The Labute approximate surface area is 101 Å². The maximum atomic E-state index is 12.1. The summed E-state index contributed by atoms with van der Waals surface area (Å²) in [5, 5.41) is 0. The van der Waals surface area contributed by atoms with E-state index in [4.69, 9.17) is 0 Å². The molecule has 17 heavy (non-hydrogen) atoms. The van der Waals surface area contributed by atoms with Crippen molar-refractivity contribution in [3.63, 3.8) is 0 Å². The van der Waals surface area contributed by atoms with E-state index in [0.717, 1.165) is 31.3 Å². The van der Waals surface area contributed by atoms with E-state index in [1.165, 1.54) is 24.8 Å². The van der Waals surface area contributed by atoms with Gasteiger partial charge in [0.1, 0.15) is 5.78 Å². The fourth-order valence-corrected chi connectivity index (χ4v) is 4.97. The highest BCUT2D eigenvalue weighted by Crippen LogP contribution is 2.56. The third kappa shape index (κ3) is 1.22. The average Bonchev–Trinajstić information content (AvgIpc) is 2.85. The molecule has 0 spiro atoms. The number of hydrogen-bond donors (Lipinski definition) is 0. The summed E-state index contributed by atoms with van der Waals surface area (Å²) in [6, 6.07) is 0. The molecule has 90 valence electrons. The first-order valence-corrected chi connectivity index (χ1v) is 7.04. The molecule has 0 saturated heterocycles. The second-order valence-corrected chi connectivity index (χ2v) is 6.27. The number of carbonyl (C=O) groups excluding carboxylic acids is 2. The molecule has 0 radical (unpaired) electrons. The normalized spacial score (nSPS) is 44.0. The molecule has 0 amide bonds. The monoisotopic (exact) mass is 230 g/mol. The highest BCUT2D eigenvalue weighted by Gasteiger charge is 2.50. The third-order valence-corrected chi connectivity index (χ3v) is 5.62. The zero-order valence-electron chi connectivity index (χ0n) is 10.1. The maximum Gasteiger partial charge on any atom is 0.159 e. The van der Waals surface area contributed by atoms with Crippen molar-refractivity contribution in [3.8, 4) is 0 Å². The lowest BCUT2D eigenvalue weighted by Crippen LogP contribution is -2.32. The standard InChI is InChI=1S/C15H18O2/c16-13-5-4-9-10-3-1-2-8-6-14(17)12(15(8)10)7-11(9)13/h8-11H,1-7H2/t8-,9-,10+,11-/m0/s1. The Hall–Kier alpha value is -0.920. The molecular weight excluding hydrogens is 212 g/mol. The van der Waals surface area contributed by atoms with Crippen LogP contribution in [0, 0.1) is 23.7 Å². The van der Waals surface area contributed by atoms with Gasteiger partial charge in [-0.05, 0) is 49.0 Å². The van der Waals surface area contributed by atoms with E-state index in [9.17, 15) is 9.59 Å². The number of hydrogen-bond acceptors (Lipinski definition) is 2. The van der Waals surface area contributed by atoms with E-state index >= 15 is 0 Å². The number of ketones is 2. The number of fused-ring (bicyclic) bond motifs is 2.